The minimum Gasteiger partial charge on any atom is -0.497 e. The summed E-state index contributed by atoms with van der Waals surface area (Å²) in [6.07, 6.45) is 1.10. The van der Waals surface area contributed by atoms with Crippen LogP contribution in [-0.2, 0) is 11.2 Å². The van der Waals surface area contributed by atoms with Gasteiger partial charge in [-0.1, -0.05) is 30.3 Å². The molecule has 0 bridgehead atoms. The molecule has 1 heterocycles. The van der Waals surface area contributed by atoms with Crippen LogP contribution in [0.3, 0.4) is 0 Å². The highest BCUT2D eigenvalue weighted by atomic mass is 16.5. The Morgan fingerprint density at radius 2 is 1.83 bits per heavy atom. The van der Waals surface area contributed by atoms with E-state index < -0.39 is 0 Å². The Labute approximate surface area is 135 Å². The van der Waals surface area contributed by atoms with Gasteiger partial charge in [-0.2, -0.15) is 0 Å². The van der Waals surface area contributed by atoms with Gasteiger partial charge >= 0.3 is 0 Å². The maximum Gasteiger partial charge on any atom is 0.254 e. The SMILES string of the molecule is COc1ccc(C[C@H]2CC(=O)CN2C(=O)c2ccccc2)cc1. The number of carbonyl (C=O) groups excluding carboxylic acids is 2. The van der Waals surface area contributed by atoms with Crippen LogP contribution in [0.4, 0.5) is 0 Å². The summed E-state index contributed by atoms with van der Waals surface area (Å²) in [5, 5.41) is 0. The molecule has 0 saturated carbocycles. The number of hydrogen-bond donors (Lipinski definition) is 0. The van der Waals surface area contributed by atoms with E-state index in [1.807, 2.05) is 42.5 Å². The second-order valence-corrected chi connectivity index (χ2v) is 5.75. The number of benzene rings is 2. The van der Waals surface area contributed by atoms with E-state index in [0.29, 0.717) is 18.4 Å². The lowest BCUT2D eigenvalue weighted by atomic mass is 10.0. The summed E-state index contributed by atoms with van der Waals surface area (Å²) in [5.74, 6) is 0.844. The van der Waals surface area contributed by atoms with Gasteiger partial charge in [-0.05, 0) is 36.2 Å². The van der Waals surface area contributed by atoms with Crippen LogP contribution in [0.2, 0.25) is 0 Å². The highest BCUT2D eigenvalue weighted by molar-refractivity contribution is 5.99. The summed E-state index contributed by atoms with van der Waals surface area (Å²) < 4.78 is 5.15. The van der Waals surface area contributed by atoms with Crippen molar-refractivity contribution in [2.24, 2.45) is 0 Å². The summed E-state index contributed by atoms with van der Waals surface area (Å²) in [6.45, 7) is 0.203. The molecule has 2 aromatic carbocycles. The number of nitrogens with zero attached hydrogens (tertiary/aromatic N) is 1. The standard InChI is InChI=1S/C19H19NO3/c1-23-18-9-7-14(8-10-18)11-16-12-17(21)13-20(16)19(22)15-5-3-2-4-6-15/h2-10,16H,11-13H2,1H3/t16-/m0/s1. The lowest BCUT2D eigenvalue weighted by molar-refractivity contribution is -0.116. The van der Waals surface area contributed by atoms with E-state index in [-0.39, 0.29) is 24.3 Å². The number of rotatable bonds is 4. The second-order valence-electron chi connectivity index (χ2n) is 5.75. The van der Waals surface area contributed by atoms with E-state index in [0.717, 1.165) is 11.3 Å². The molecule has 0 aromatic heterocycles. The minimum absolute atomic E-state index is 0.0741. The van der Waals surface area contributed by atoms with Crippen molar-refractivity contribution in [1.29, 1.82) is 0 Å². The lowest BCUT2D eigenvalue weighted by Gasteiger charge is -2.24. The van der Waals surface area contributed by atoms with Crippen molar-refractivity contribution in [2.75, 3.05) is 13.7 Å². The Hall–Kier alpha value is -2.62. The van der Waals surface area contributed by atoms with Crippen molar-refractivity contribution < 1.29 is 14.3 Å². The van der Waals surface area contributed by atoms with Crippen LogP contribution in [0.25, 0.3) is 0 Å². The fourth-order valence-corrected chi connectivity index (χ4v) is 2.96. The highest BCUT2D eigenvalue weighted by Gasteiger charge is 2.34. The predicted molar refractivity (Wildman–Crippen MR) is 87.6 cm³/mol. The van der Waals surface area contributed by atoms with Crippen LogP contribution in [0.1, 0.15) is 22.3 Å². The third-order valence-electron chi connectivity index (χ3n) is 4.16. The van der Waals surface area contributed by atoms with Crippen LogP contribution in [0, 0.1) is 0 Å². The zero-order chi connectivity index (χ0) is 16.2. The van der Waals surface area contributed by atoms with Crippen molar-refractivity contribution in [3.8, 4) is 5.75 Å². The van der Waals surface area contributed by atoms with Crippen LogP contribution in [-0.4, -0.2) is 36.3 Å². The number of Topliss-reactive ketones (excluding diaryl/α,β-unsaturated/α-hetero) is 1. The fourth-order valence-electron chi connectivity index (χ4n) is 2.96. The molecule has 1 saturated heterocycles. The van der Waals surface area contributed by atoms with Gasteiger partial charge in [0.15, 0.2) is 5.78 Å². The van der Waals surface area contributed by atoms with Gasteiger partial charge in [0, 0.05) is 18.0 Å². The monoisotopic (exact) mass is 309 g/mol. The number of likely N-dealkylation sites (tertiary alicyclic amines) is 1. The molecule has 0 unspecified atom stereocenters. The molecular formula is C19H19NO3. The quantitative estimate of drug-likeness (QED) is 0.872. The molecule has 0 N–H and O–H groups in total. The highest BCUT2D eigenvalue weighted by Crippen LogP contribution is 2.22. The molecular weight excluding hydrogens is 290 g/mol. The zero-order valence-corrected chi connectivity index (χ0v) is 13.1. The van der Waals surface area contributed by atoms with Gasteiger partial charge < -0.3 is 9.64 Å². The molecule has 1 atom stereocenters. The van der Waals surface area contributed by atoms with Crippen LogP contribution >= 0.6 is 0 Å². The minimum atomic E-state index is -0.0800. The topological polar surface area (TPSA) is 46.6 Å². The first-order valence-electron chi connectivity index (χ1n) is 7.68. The first-order valence-corrected chi connectivity index (χ1v) is 7.68. The summed E-state index contributed by atoms with van der Waals surface area (Å²) >= 11 is 0. The van der Waals surface area contributed by atoms with Gasteiger partial charge in [-0.25, -0.2) is 0 Å². The van der Waals surface area contributed by atoms with E-state index >= 15 is 0 Å². The Kier molecular flexibility index (Phi) is 4.42. The third-order valence-corrected chi connectivity index (χ3v) is 4.16. The Bertz CT molecular complexity index is 694. The second kappa shape index (κ2) is 6.65. The Balaban J connectivity index is 1.76. The number of ether oxygens (including phenoxy) is 1. The summed E-state index contributed by atoms with van der Waals surface area (Å²) in [5.41, 5.74) is 1.72. The molecule has 0 aliphatic carbocycles. The first-order chi connectivity index (χ1) is 11.2. The predicted octanol–water partition coefficient (Wildman–Crippen LogP) is 2.72. The largest absolute Gasteiger partial charge is 0.497 e. The van der Waals surface area contributed by atoms with Gasteiger partial charge in [-0.15, -0.1) is 0 Å². The van der Waals surface area contributed by atoms with E-state index in [1.54, 1.807) is 24.1 Å². The maximum atomic E-state index is 12.6. The number of ketones is 1. The van der Waals surface area contributed by atoms with Gasteiger partial charge in [0.2, 0.25) is 0 Å². The molecule has 0 radical (unpaired) electrons. The van der Waals surface area contributed by atoms with Crippen molar-refractivity contribution in [3.05, 3.63) is 65.7 Å². The molecule has 3 rings (SSSR count). The fraction of sp³-hybridized carbons (Fsp3) is 0.263. The molecule has 4 nitrogen and oxygen atoms in total. The molecule has 1 aliphatic rings. The number of carbonyl (C=O) groups is 2. The number of amides is 1. The average molecular weight is 309 g/mol. The smallest absolute Gasteiger partial charge is 0.254 e. The van der Waals surface area contributed by atoms with E-state index in [9.17, 15) is 9.59 Å². The Morgan fingerprint density at radius 1 is 1.13 bits per heavy atom. The van der Waals surface area contributed by atoms with Crippen LogP contribution in [0.5, 0.6) is 5.75 Å². The lowest BCUT2D eigenvalue weighted by Crippen LogP contribution is -2.37. The van der Waals surface area contributed by atoms with Crippen molar-refractivity contribution in [3.63, 3.8) is 0 Å². The zero-order valence-electron chi connectivity index (χ0n) is 13.1. The van der Waals surface area contributed by atoms with Crippen molar-refractivity contribution in [2.45, 2.75) is 18.9 Å². The van der Waals surface area contributed by atoms with Gasteiger partial charge in [-0.3, -0.25) is 9.59 Å². The van der Waals surface area contributed by atoms with Gasteiger partial charge in [0.05, 0.1) is 13.7 Å². The molecule has 118 valence electrons. The van der Waals surface area contributed by atoms with E-state index in [1.165, 1.54) is 0 Å². The summed E-state index contributed by atoms with van der Waals surface area (Å²) in [4.78, 5) is 26.2. The number of methoxy groups -OCH3 is 1. The molecule has 1 fully saturated rings. The maximum absolute atomic E-state index is 12.6. The molecule has 4 heteroatoms. The molecule has 1 aliphatic heterocycles. The van der Waals surface area contributed by atoms with Crippen molar-refractivity contribution >= 4 is 11.7 Å². The molecule has 1 amide bonds. The molecule has 2 aromatic rings. The van der Waals surface area contributed by atoms with Gasteiger partial charge in [0.1, 0.15) is 5.75 Å². The summed E-state index contributed by atoms with van der Waals surface area (Å²) in [6, 6.07) is 16.8. The van der Waals surface area contributed by atoms with E-state index in [4.69, 9.17) is 4.74 Å². The van der Waals surface area contributed by atoms with Gasteiger partial charge in [0.25, 0.3) is 5.91 Å². The van der Waals surface area contributed by atoms with E-state index in [2.05, 4.69) is 0 Å². The Morgan fingerprint density at radius 3 is 2.48 bits per heavy atom. The van der Waals surface area contributed by atoms with Crippen LogP contribution in [0.15, 0.2) is 54.6 Å². The average Bonchev–Trinajstić information content (AvgIpc) is 2.96. The summed E-state index contributed by atoms with van der Waals surface area (Å²) in [7, 11) is 1.63. The molecule has 23 heavy (non-hydrogen) atoms. The number of hydrogen-bond acceptors (Lipinski definition) is 3. The molecule has 0 spiro atoms. The van der Waals surface area contributed by atoms with Crippen LogP contribution < -0.4 is 4.74 Å². The van der Waals surface area contributed by atoms with Crippen molar-refractivity contribution in [1.82, 2.24) is 4.90 Å². The third kappa shape index (κ3) is 3.42. The normalized spacial score (nSPS) is 17.3. The first kappa shape index (κ1) is 15.3.